The van der Waals surface area contributed by atoms with Crippen LogP contribution < -0.4 is 22.1 Å². The van der Waals surface area contributed by atoms with Gasteiger partial charge in [0.25, 0.3) is 5.91 Å². The topological polar surface area (TPSA) is 160 Å². The molecule has 0 spiro atoms. The first-order valence-corrected chi connectivity index (χ1v) is 13.4. The minimum atomic E-state index is -1.22. The van der Waals surface area contributed by atoms with Crippen molar-refractivity contribution >= 4 is 29.5 Å². The van der Waals surface area contributed by atoms with Crippen LogP contribution in [0.3, 0.4) is 0 Å². The normalized spacial score (nSPS) is 16.9. The van der Waals surface area contributed by atoms with Crippen LogP contribution in [0.2, 0.25) is 0 Å². The van der Waals surface area contributed by atoms with Gasteiger partial charge in [-0.25, -0.2) is 4.39 Å². The fourth-order valence-electron chi connectivity index (χ4n) is 4.52. The second-order valence-electron chi connectivity index (χ2n) is 11.3. The van der Waals surface area contributed by atoms with Gasteiger partial charge in [-0.05, 0) is 54.7 Å². The molecule has 0 aliphatic carbocycles. The molecule has 10 nitrogen and oxygen atoms in total. The minimum absolute atomic E-state index is 0.0585. The summed E-state index contributed by atoms with van der Waals surface area (Å²) in [6.45, 7) is 9.24. The van der Waals surface area contributed by atoms with Crippen LogP contribution in [-0.2, 0) is 19.8 Å². The lowest BCUT2D eigenvalue weighted by Gasteiger charge is -2.31. The van der Waals surface area contributed by atoms with Crippen molar-refractivity contribution in [2.24, 2.45) is 22.4 Å². The molecule has 0 radical (unpaired) electrons. The number of aliphatic imine (C=N–C) groups is 1. The number of rotatable bonds is 12. The van der Waals surface area contributed by atoms with Crippen LogP contribution >= 0.6 is 0 Å². The summed E-state index contributed by atoms with van der Waals surface area (Å²) < 4.78 is 13.2. The first-order valence-electron chi connectivity index (χ1n) is 13.4. The molecular weight excluding hydrogens is 503 g/mol. The predicted molar refractivity (Wildman–Crippen MR) is 149 cm³/mol. The second-order valence-corrected chi connectivity index (χ2v) is 11.3. The average molecular weight is 547 g/mol. The summed E-state index contributed by atoms with van der Waals surface area (Å²) in [7, 11) is 0. The number of hydrogen-bond acceptors (Lipinski definition) is 5. The van der Waals surface area contributed by atoms with Crippen LogP contribution in [0.15, 0.2) is 29.3 Å². The number of Topliss-reactive ketones (excluding diaryl/α,β-unsaturated/α-hetero) is 1. The molecule has 11 heteroatoms. The molecule has 1 aromatic carbocycles. The molecule has 1 aliphatic heterocycles. The van der Waals surface area contributed by atoms with Crippen molar-refractivity contribution in [1.29, 1.82) is 0 Å². The number of carbonyl (C=O) groups excluding carboxylic acids is 4. The fraction of sp³-hybridized carbons (Fsp3) is 0.607. The molecule has 1 heterocycles. The largest absolute Gasteiger partial charge is 0.370 e. The summed E-state index contributed by atoms with van der Waals surface area (Å²) >= 11 is 0. The molecule has 3 atom stereocenters. The standard InChI is InChI=1S/C28H43FN6O4/c1-17(2)23(34-24(37)18-10-12-19(13-11-18)28(3,4)5)26(39)35-15-7-9-21(35)25(38)33-20(22(36)16-29)8-6-14-32-27(30)31/h10-13,17,20-21,23H,6-9,14-16H2,1-5H3,(H,33,38)(H,34,37)(H4,30,31,32)/t20?,21-,23?/m0/s1. The SMILES string of the molecule is CC(C)C(NC(=O)c1ccc(C(C)(C)C)cc1)C(=O)N1CCC[C@H]1C(=O)NC(CCCN=C(N)N)C(=O)CF. The Kier molecular flexibility index (Phi) is 11.4. The van der Waals surface area contributed by atoms with Gasteiger partial charge < -0.3 is 27.0 Å². The highest BCUT2D eigenvalue weighted by molar-refractivity contribution is 5.99. The second kappa shape index (κ2) is 14.0. The number of ketones is 1. The number of alkyl halides is 1. The van der Waals surface area contributed by atoms with Crippen molar-refractivity contribution in [1.82, 2.24) is 15.5 Å². The monoisotopic (exact) mass is 546 g/mol. The number of carbonyl (C=O) groups is 4. The summed E-state index contributed by atoms with van der Waals surface area (Å²) in [5.74, 6) is -2.37. The highest BCUT2D eigenvalue weighted by Gasteiger charge is 2.39. The van der Waals surface area contributed by atoms with E-state index in [-0.39, 0.29) is 42.1 Å². The molecule has 0 saturated carbocycles. The van der Waals surface area contributed by atoms with Gasteiger partial charge in [-0.1, -0.05) is 46.8 Å². The Labute approximate surface area is 230 Å². The molecule has 2 unspecified atom stereocenters. The average Bonchev–Trinajstić information content (AvgIpc) is 3.37. The summed E-state index contributed by atoms with van der Waals surface area (Å²) in [6.07, 6.45) is 1.50. The molecule has 1 aliphatic rings. The lowest BCUT2D eigenvalue weighted by molar-refractivity contribution is -0.141. The molecule has 0 aromatic heterocycles. The minimum Gasteiger partial charge on any atom is -0.370 e. The van der Waals surface area contributed by atoms with Crippen LogP contribution in [-0.4, -0.2) is 72.3 Å². The van der Waals surface area contributed by atoms with Crippen molar-refractivity contribution in [3.63, 3.8) is 0 Å². The number of halogens is 1. The van der Waals surface area contributed by atoms with Crippen molar-refractivity contribution < 1.29 is 23.6 Å². The molecule has 216 valence electrons. The third-order valence-electron chi connectivity index (χ3n) is 6.85. The zero-order valence-corrected chi connectivity index (χ0v) is 23.6. The van der Waals surface area contributed by atoms with E-state index < -0.39 is 36.5 Å². The molecule has 2 rings (SSSR count). The Hall–Kier alpha value is -3.50. The van der Waals surface area contributed by atoms with E-state index in [4.69, 9.17) is 11.5 Å². The third-order valence-corrected chi connectivity index (χ3v) is 6.85. The molecule has 1 aromatic rings. The smallest absolute Gasteiger partial charge is 0.251 e. The van der Waals surface area contributed by atoms with Gasteiger partial charge in [-0.2, -0.15) is 0 Å². The van der Waals surface area contributed by atoms with Gasteiger partial charge >= 0.3 is 0 Å². The Morgan fingerprint density at radius 3 is 2.28 bits per heavy atom. The Balaban J connectivity index is 2.11. The summed E-state index contributed by atoms with van der Waals surface area (Å²) in [5, 5.41) is 5.45. The maximum Gasteiger partial charge on any atom is 0.251 e. The Bertz CT molecular complexity index is 1050. The van der Waals surface area contributed by atoms with Crippen molar-refractivity contribution in [2.75, 3.05) is 19.8 Å². The predicted octanol–water partition coefficient (Wildman–Crippen LogP) is 1.81. The highest BCUT2D eigenvalue weighted by Crippen LogP contribution is 2.23. The zero-order chi connectivity index (χ0) is 29.3. The summed E-state index contributed by atoms with van der Waals surface area (Å²) in [5.41, 5.74) is 12.1. The van der Waals surface area contributed by atoms with Gasteiger partial charge in [0.05, 0.1) is 6.04 Å². The van der Waals surface area contributed by atoms with E-state index >= 15 is 0 Å². The molecule has 6 N–H and O–H groups in total. The highest BCUT2D eigenvalue weighted by atomic mass is 19.1. The van der Waals surface area contributed by atoms with Gasteiger partial charge in [0.15, 0.2) is 11.7 Å². The maximum atomic E-state index is 13.6. The summed E-state index contributed by atoms with van der Waals surface area (Å²) in [6, 6.07) is 4.54. The number of nitrogens with one attached hydrogen (secondary N) is 2. The molecule has 0 bridgehead atoms. The number of guanidine groups is 1. The fourth-order valence-corrected chi connectivity index (χ4v) is 4.52. The van der Waals surface area contributed by atoms with Gasteiger partial charge in [-0.3, -0.25) is 24.2 Å². The zero-order valence-electron chi connectivity index (χ0n) is 23.6. The van der Waals surface area contributed by atoms with E-state index in [9.17, 15) is 23.6 Å². The summed E-state index contributed by atoms with van der Waals surface area (Å²) in [4.78, 5) is 57.1. The van der Waals surface area contributed by atoms with Crippen LogP contribution in [0.5, 0.6) is 0 Å². The van der Waals surface area contributed by atoms with Crippen LogP contribution in [0.1, 0.15) is 76.2 Å². The Morgan fingerprint density at radius 2 is 1.74 bits per heavy atom. The molecule has 39 heavy (non-hydrogen) atoms. The quantitative estimate of drug-likeness (QED) is 0.178. The van der Waals surface area contributed by atoms with Gasteiger partial charge in [0.1, 0.15) is 18.8 Å². The number of amides is 3. The lowest BCUT2D eigenvalue weighted by Crippen LogP contribution is -2.56. The van der Waals surface area contributed by atoms with E-state index in [2.05, 4.69) is 36.4 Å². The number of nitrogens with two attached hydrogens (primary N) is 2. The van der Waals surface area contributed by atoms with E-state index in [0.29, 0.717) is 31.4 Å². The van der Waals surface area contributed by atoms with Gasteiger partial charge in [-0.15, -0.1) is 0 Å². The number of hydrogen-bond donors (Lipinski definition) is 4. The first kappa shape index (κ1) is 31.7. The van der Waals surface area contributed by atoms with Crippen LogP contribution in [0.25, 0.3) is 0 Å². The molecule has 1 fully saturated rings. The van der Waals surface area contributed by atoms with Crippen molar-refractivity contribution in [3.05, 3.63) is 35.4 Å². The van der Waals surface area contributed by atoms with E-state index in [1.807, 2.05) is 26.0 Å². The van der Waals surface area contributed by atoms with Crippen LogP contribution in [0, 0.1) is 5.92 Å². The molecule has 3 amide bonds. The lowest BCUT2D eigenvalue weighted by atomic mass is 9.86. The number of nitrogens with zero attached hydrogens (tertiary/aromatic N) is 2. The maximum absolute atomic E-state index is 13.6. The van der Waals surface area contributed by atoms with Crippen molar-refractivity contribution in [2.45, 2.75) is 83.8 Å². The van der Waals surface area contributed by atoms with Crippen molar-refractivity contribution in [3.8, 4) is 0 Å². The molecule has 1 saturated heterocycles. The van der Waals surface area contributed by atoms with E-state index in [1.165, 1.54) is 4.90 Å². The number of likely N-dealkylation sites (tertiary alicyclic amines) is 1. The first-order chi connectivity index (χ1) is 18.3. The Morgan fingerprint density at radius 1 is 1.10 bits per heavy atom. The van der Waals surface area contributed by atoms with E-state index in [1.54, 1.807) is 12.1 Å². The van der Waals surface area contributed by atoms with Gasteiger partial charge in [0, 0.05) is 18.7 Å². The van der Waals surface area contributed by atoms with Crippen LogP contribution in [0.4, 0.5) is 4.39 Å². The van der Waals surface area contributed by atoms with Gasteiger partial charge in [0.2, 0.25) is 11.8 Å². The number of benzene rings is 1. The van der Waals surface area contributed by atoms with E-state index in [0.717, 1.165) is 5.56 Å². The molecular formula is C28H43FN6O4. The third kappa shape index (κ3) is 9.04.